The predicted octanol–water partition coefficient (Wildman–Crippen LogP) is 2.81. The number of nitrogens with one attached hydrogen (secondary N) is 1. The quantitative estimate of drug-likeness (QED) is 0.622. The molecule has 2 aromatic rings. The maximum Gasteiger partial charge on any atom is 0.0628 e. The van der Waals surface area contributed by atoms with Crippen LogP contribution in [0.1, 0.15) is 28.9 Å². The molecular formula is C16H23BrN4. The number of benzene rings is 1. The molecule has 5 heteroatoms. The predicted molar refractivity (Wildman–Crippen MR) is 90.0 cm³/mol. The van der Waals surface area contributed by atoms with Gasteiger partial charge in [-0.25, -0.2) is 0 Å². The van der Waals surface area contributed by atoms with Gasteiger partial charge in [-0.2, -0.15) is 5.10 Å². The van der Waals surface area contributed by atoms with E-state index >= 15 is 0 Å². The molecule has 3 N–H and O–H groups in total. The maximum absolute atomic E-state index is 5.72. The third-order valence-electron chi connectivity index (χ3n) is 4.01. The van der Waals surface area contributed by atoms with Gasteiger partial charge in [-0.15, -0.1) is 0 Å². The summed E-state index contributed by atoms with van der Waals surface area (Å²) in [6.07, 6.45) is 2.92. The van der Waals surface area contributed by atoms with Crippen molar-refractivity contribution >= 4 is 15.9 Å². The minimum absolute atomic E-state index is 0.262. The summed E-state index contributed by atoms with van der Waals surface area (Å²) in [5, 5.41) is 4.47. The summed E-state index contributed by atoms with van der Waals surface area (Å²) < 4.78 is 3.05. The van der Waals surface area contributed by atoms with E-state index in [0.717, 1.165) is 29.4 Å². The molecule has 1 atom stereocenters. The summed E-state index contributed by atoms with van der Waals surface area (Å²) in [6, 6.07) is 8.64. The first-order chi connectivity index (χ1) is 10.0. The number of aromatic nitrogens is 2. The SMILES string of the molecule is Cc1nn(C)c(C)c1CCC(Cc1cccc(Br)c1)NN. The first-order valence-corrected chi connectivity index (χ1v) is 8.00. The van der Waals surface area contributed by atoms with Crippen LogP contribution in [0.2, 0.25) is 0 Å². The topological polar surface area (TPSA) is 55.9 Å². The highest BCUT2D eigenvalue weighted by molar-refractivity contribution is 9.10. The standard InChI is InChI=1S/C16H23BrN4/c1-11-16(12(2)21(3)20-11)8-7-15(19-18)10-13-5-4-6-14(17)9-13/h4-6,9,15,19H,7-8,10,18H2,1-3H3. The largest absolute Gasteiger partial charge is 0.272 e. The van der Waals surface area contributed by atoms with E-state index in [1.54, 1.807) is 0 Å². The van der Waals surface area contributed by atoms with Crippen molar-refractivity contribution in [2.24, 2.45) is 12.9 Å². The first kappa shape index (κ1) is 16.2. The van der Waals surface area contributed by atoms with Gasteiger partial charge in [-0.05, 0) is 56.4 Å². The molecule has 0 spiro atoms. The minimum atomic E-state index is 0.262. The molecule has 1 heterocycles. The fourth-order valence-corrected chi connectivity index (χ4v) is 3.14. The number of rotatable bonds is 6. The van der Waals surface area contributed by atoms with Gasteiger partial charge in [0, 0.05) is 23.3 Å². The molecule has 1 aromatic heterocycles. The monoisotopic (exact) mass is 350 g/mol. The molecule has 1 unspecified atom stereocenters. The van der Waals surface area contributed by atoms with Gasteiger partial charge in [0.25, 0.3) is 0 Å². The Morgan fingerprint density at radius 3 is 2.71 bits per heavy atom. The lowest BCUT2D eigenvalue weighted by molar-refractivity contribution is 0.490. The zero-order valence-electron chi connectivity index (χ0n) is 12.9. The van der Waals surface area contributed by atoms with E-state index in [9.17, 15) is 0 Å². The van der Waals surface area contributed by atoms with Crippen molar-refractivity contribution in [3.05, 3.63) is 51.3 Å². The third-order valence-corrected chi connectivity index (χ3v) is 4.50. The molecule has 0 bridgehead atoms. The van der Waals surface area contributed by atoms with E-state index in [1.165, 1.54) is 16.8 Å². The van der Waals surface area contributed by atoms with Crippen LogP contribution in [0.15, 0.2) is 28.7 Å². The minimum Gasteiger partial charge on any atom is -0.272 e. The summed E-state index contributed by atoms with van der Waals surface area (Å²) in [7, 11) is 1.99. The first-order valence-electron chi connectivity index (χ1n) is 7.21. The van der Waals surface area contributed by atoms with Crippen molar-refractivity contribution in [3.63, 3.8) is 0 Å². The highest BCUT2D eigenvalue weighted by Crippen LogP contribution is 2.17. The second-order valence-corrected chi connectivity index (χ2v) is 6.42. The van der Waals surface area contributed by atoms with Crippen LogP contribution >= 0.6 is 15.9 Å². The Labute approximate surface area is 134 Å². The average Bonchev–Trinajstić information content (AvgIpc) is 2.69. The molecule has 0 fully saturated rings. The van der Waals surface area contributed by atoms with Crippen LogP contribution in [-0.4, -0.2) is 15.8 Å². The molecule has 1 aromatic carbocycles. The fraction of sp³-hybridized carbons (Fsp3) is 0.438. The number of halogens is 1. The fourth-order valence-electron chi connectivity index (χ4n) is 2.69. The summed E-state index contributed by atoms with van der Waals surface area (Å²) >= 11 is 3.51. The van der Waals surface area contributed by atoms with Crippen molar-refractivity contribution in [1.82, 2.24) is 15.2 Å². The van der Waals surface area contributed by atoms with Gasteiger partial charge in [0.1, 0.15) is 0 Å². The Hall–Kier alpha value is -1.17. The lowest BCUT2D eigenvalue weighted by Crippen LogP contribution is -2.37. The summed E-state index contributed by atoms with van der Waals surface area (Å²) in [6.45, 7) is 4.19. The Morgan fingerprint density at radius 2 is 2.14 bits per heavy atom. The van der Waals surface area contributed by atoms with Gasteiger partial charge in [0.15, 0.2) is 0 Å². The maximum atomic E-state index is 5.72. The summed E-state index contributed by atoms with van der Waals surface area (Å²) in [5.41, 5.74) is 7.93. The highest BCUT2D eigenvalue weighted by atomic mass is 79.9. The number of aryl methyl sites for hydroxylation is 2. The average molecular weight is 351 g/mol. The van der Waals surface area contributed by atoms with E-state index in [4.69, 9.17) is 5.84 Å². The van der Waals surface area contributed by atoms with E-state index in [1.807, 2.05) is 17.8 Å². The van der Waals surface area contributed by atoms with Crippen LogP contribution in [-0.2, 0) is 19.9 Å². The van der Waals surface area contributed by atoms with Gasteiger partial charge < -0.3 is 0 Å². The number of nitrogens with two attached hydrogens (primary N) is 1. The Kier molecular flexibility index (Phi) is 5.56. The Bertz CT molecular complexity index is 606. The van der Waals surface area contributed by atoms with Crippen molar-refractivity contribution in [2.45, 2.75) is 39.2 Å². The number of hydrogen-bond acceptors (Lipinski definition) is 3. The van der Waals surface area contributed by atoms with Crippen molar-refractivity contribution < 1.29 is 0 Å². The number of hydrogen-bond donors (Lipinski definition) is 2. The molecule has 0 amide bonds. The Balaban J connectivity index is 1.99. The Morgan fingerprint density at radius 1 is 1.38 bits per heavy atom. The van der Waals surface area contributed by atoms with Gasteiger partial charge in [0.2, 0.25) is 0 Å². The van der Waals surface area contributed by atoms with Crippen LogP contribution in [0.5, 0.6) is 0 Å². The van der Waals surface area contributed by atoms with Gasteiger partial charge in [0.05, 0.1) is 5.69 Å². The second kappa shape index (κ2) is 7.20. The second-order valence-electron chi connectivity index (χ2n) is 5.51. The molecule has 0 aliphatic heterocycles. The third kappa shape index (κ3) is 4.15. The van der Waals surface area contributed by atoms with E-state index in [0.29, 0.717) is 0 Å². The molecule has 21 heavy (non-hydrogen) atoms. The molecule has 0 aliphatic carbocycles. The molecule has 4 nitrogen and oxygen atoms in total. The van der Waals surface area contributed by atoms with Crippen LogP contribution in [0.25, 0.3) is 0 Å². The molecule has 0 radical (unpaired) electrons. The number of hydrazine groups is 1. The lowest BCUT2D eigenvalue weighted by atomic mass is 9.99. The van der Waals surface area contributed by atoms with Gasteiger partial charge in [-0.3, -0.25) is 16.0 Å². The highest BCUT2D eigenvalue weighted by Gasteiger charge is 2.13. The molecule has 0 saturated heterocycles. The summed E-state index contributed by atoms with van der Waals surface area (Å²) in [4.78, 5) is 0. The molecule has 114 valence electrons. The van der Waals surface area contributed by atoms with Crippen molar-refractivity contribution in [3.8, 4) is 0 Å². The molecular weight excluding hydrogens is 328 g/mol. The number of nitrogens with zero attached hydrogens (tertiary/aromatic N) is 2. The van der Waals surface area contributed by atoms with E-state index < -0.39 is 0 Å². The van der Waals surface area contributed by atoms with E-state index in [-0.39, 0.29) is 6.04 Å². The normalized spacial score (nSPS) is 12.6. The van der Waals surface area contributed by atoms with Crippen LogP contribution < -0.4 is 11.3 Å². The van der Waals surface area contributed by atoms with Crippen LogP contribution in [0.4, 0.5) is 0 Å². The van der Waals surface area contributed by atoms with Gasteiger partial charge >= 0.3 is 0 Å². The molecule has 2 rings (SSSR count). The smallest absolute Gasteiger partial charge is 0.0628 e. The van der Waals surface area contributed by atoms with E-state index in [2.05, 4.69) is 58.5 Å². The van der Waals surface area contributed by atoms with Gasteiger partial charge in [-0.1, -0.05) is 28.1 Å². The molecule has 0 aliphatic rings. The lowest BCUT2D eigenvalue weighted by Gasteiger charge is -2.16. The van der Waals surface area contributed by atoms with Crippen LogP contribution in [0, 0.1) is 13.8 Å². The van der Waals surface area contributed by atoms with Crippen molar-refractivity contribution in [2.75, 3.05) is 0 Å². The zero-order valence-corrected chi connectivity index (χ0v) is 14.4. The zero-order chi connectivity index (χ0) is 15.4. The molecule has 0 saturated carbocycles. The summed E-state index contributed by atoms with van der Waals surface area (Å²) in [5.74, 6) is 5.72. The van der Waals surface area contributed by atoms with Crippen molar-refractivity contribution in [1.29, 1.82) is 0 Å². The van der Waals surface area contributed by atoms with Crippen LogP contribution in [0.3, 0.4) is 0 Å².